The first-order chi connectivity index (χ1) is 9.55. The molecule has 0 spiro atoms. The van der Waals surface area contributed by atoms with E-state index >= 15 is 0 Å². The van der Waals surface area contributed by atoms with Crippen LogP contribution in [0.2, 0.25) is 0 Å². The predicted octanol–water partition coefficient (Wildman–Crippen LogP) is 0.160. The van der Waals surface area contributed by atoms with E-state index in [-0.39, 0.29) is 26.3 Å². The summed E-state index contributed by atoms with van der Waals surface area (Å²) in [6.07, 6.45) is 4.32. The summed E-state index contributed by atoms with van der Waals surface area (Å²) in [5.41, 5.74) is -1.23. The van der Waals surface area contributed by atoms with Gasteiger partial charge >= 0.3 is 12.0 Å². The third kappa shape index (κ3) is 4.35. The number of carbonyl (C=O) groups is 2. The van der Waals surface area contributed by atoms with Crippen LogP contribution in [0, 0.1) is 0 Å². The topological polar surface area (TPSA) is 110 Å². The average Bonchev–Trinajstić information content (AvgIpc) is 2.65. The molecule has 0 saturated heterocycles. The minimum Gasteiger partial charge on any atom is -0.480 e. The number of carboxylic acids is 1. The Hall–Kier alpha value is -1.34. The molecule has 7 nitrogen and oxygen atoms in total. The van der Waals surface area contributed by atoms with Crippen molar-refractivity contribution in [2.24, 2.45) is 0 Å². The normalized spacial score (nSPS) is 18.1. The first-order valence-electron chi connectivity index (χ1n) is 7.08. The maximum Gasteiger partial charge on any atom is 0.329 e. The number of rotatable bonds is 6. The summed E-state index contributed by atoms with van der Waals surface area (Å²) in [7, 11) is 0. The second-order valence-corrected chi connectivity index (χ2v) is 5.17. The van der Waals surface area contributed by atoms with Crippen LogP contribution in [-0.2, 0) is 4.79 Å². The minimum absolute atomic E-state index is 0.0715. The highest BCUT2D eigenvalue weighted by atomic mass is 16.4. The van der Waals surface area contributed by atoms with Crippen molar-refractivity contribution in [3.8, 4) is 0 Å². The van der Waals surface area contributed by atoms with Gasteiger partial charge in [-0.3, -0.25) is 0 Å². The molecule has 1 aliphatic carbocycles. The van der Waals surface area contributed by atoms with Crippen LogP contribution >= 0.6 is 0 Å². The fourth-order valence-corrected chi connectivity index (χ4v) is 2.56. The summed E-state index contributed by atoms with van der Waals surface area (Å²) < 4.78 is 0. The maximum absolute atomic E-state index is 12.1. The van der Waals surface area contributed by atoms with E-state index in [1.54, 1.807) is 0 Å². The Balaban J connectivity index is 2.77. The van der Waals surface area contributed by atoms with Crippen LogP contribution in [0.1, 0.15) is 38.5 Å². The Kier molecular flexibility index (Phi) is 6.74. The lowest BCUT2D eigenvalue weighted by Crippen LogP contribution is -2.58. The number of aliphatic hydroxyl groups excluding tert-OH is 2. The number of aliphatic carboxylic acids is 1. The first-order valence-corrected chi connectivity index (χ1v) is 7.08. The monoisotopic (exact) mass is 288 g/mol. The number of nitrogens with zero attached hydrogens (tertiary/aromatic N) is 1. The van der Waals surface area contributed by atoms with E-state index < -0.39 is 17.5 Å². The van der Waals surface area contributed by atoms with E-state index in [1.807, 2.05) is 0 Å². The van der Waals surface area contributed by atoms with Gasteiger partial charge in [0.25, 0.3) is 0 Å². The van der Waals surface area contributed by atoms with E-state index in [0.717, 1.165) is 25.7 Å². The summed E-state index contributed by atoms with van der Waals surface area (Å²) >= 11 is 0. The maximum atomic E-state index is 12.1. The van der Waals surface area contributed by atoms with Crippen LogP contribution in [0.5, 0.6) is 0 Å². The average molecular weight is 288 g/mol. The molecule has 0 aromatic heterocycles. The number of carboxylic acid groups (broad SMARTS) is 1. The summed E-state index contributed by atoms with van der Waals surface area (Å²) in [4.78, 5) is 24.9. The lowest BCUT2D eigenvalue weighted by molar-refractivity contribution is -0.145. The van der Waals surface area contributed by atoms with E-state index in [2.05, 4.69) is 5.32 Å². The lowest BCUT2D eigenvalue weighted by Gasteiger charge is -2.32. The van der Waals surface area contributed by atoms with Gasteiger partial charge in [-0.1, -0.05) is 25.7 Å². The van der Waals surface area contributed by atoms with Gasteiger partial charge in [0.15, 0.2) is 0 Å². The van der Waals surface area contributed by atoms with Crippen LogP contribution in [0.25, 0.3) is 0 Å². The van der Waals surface area contributed by atoms with E-state index in [9.17, 15) is 14.7 Å². The number of amides is 2. The number of nitrogens with one attached hydrogen (secondary N) is 1. The number of hydrogen-bond acceptors (Lipinski definition) is 4. The highest BCUT2D eigenvalue weighted by Crippen LogP contribution is 2.27. The molecule has 0 heterocycles. The summed E-state index contributed by atoms with van der Waals surface area (Å²) in [5.74, 6) is -1.01. The minimum atomic E-state index is -1.23. The van der Waals surface area contributed by atoms with Crippen molar-refractivity contribution >= 4 is 12.0 Å². The Bertz CT molecular complexity index is 321. The Labute approximate surface area is 118 Å². The van der Waals surface area contributed by atoms with Gasteiger partial charge in [0.2, 0.25) is 0 Å². The van der Waals surface area contributed by atoms with Crippen LogP contribution in [0.15, 0.2) is 0 Å². The largest absolute Gasteiger partial charge is 0.480 e. The smallest absolute Gasteiger partial charge is 0.329 e. The highest BCUT2D eigenvalue weighted by molar-refractivity contribution is 5.86. The van der Waals surface area contributed by atoms with Crippen molar-refractivity contribution in [3.05, 3.63) is 0 Å². The van der Waals surface area contributed by atoms with Crippen molar-refractivity contribution in [2.45, 2.75) is 44.1 Å². The molecular weight excluding hydrogens is 264 g/mol. The van der Waals surface area contributed by atoms with Gasteiger partial charge in [0, 0.05) is 13.1 Å². The zero-order chi connectivity index (χ0) is 15.0. The van der Waals surface area contributed by atoms with Crippen molar-refractivity contribution in [2.75, 3.05) is 26.3 Å². The molecule has 0 atom stereocenters. The molecule has 2 amide bonds. The predicted molar refractivity (Wildman–Crippen MR) is 72.3 cm³/mol. The Morgan fingerprint density at radius 3 is 1.90 bits per heavy atom. The van der Waals surface area contributed by atoms with Crippen LogP contribution in [0.4, 0.5) is 4.79 Å². The molecule has 1 fully saturated rings. The van der Waals surface area contributed by atoms with Gasteiger partial charge in [-0.05, 0) is 12.8 Å². The SMILES string of the molecule is O=C(NC1(C(=O)O)CCCCCC1)N(CCO)CCO. The molecule has 0 unspecified atom stereocenters. The molecule has 4 N–H and O–H groups in total. The fourth-order valence-electron chi connectivity index (χ4n) is 2.56. The molecule has 1 saturated carbocycles. The molecule has 20 heavy (non-hydrogen) atoms. The fraction of sp³-hybridized carbons (Fsp3) is 0.846. The molecule has 1 aliphatic rings. The van der Waals surface area contributed by atoms with Crippen LogP contribution in [0.3, 0.4) is 0 Å². The van der Waals surface area contributed by atoms with Crippen molar-refractivity contribution < 1.29 is 24.9 Å². The number of aliphatic hydroxyl groups is 2. The molecule has 0 aromatic carbocycles. The van der Waals surface area contributed by atoms with Gasteiger partial charge < -0.3 is 25.5 Å². The Morgan fingerprint density at radius 2 is 1.50 bits per heavy atom. The lowest BCUT2D eigenvalue weighted by atomic mass is 9.90. The third-order valence-electron chi connectivity index (χ3n) is 3.74. The molecule has 0 radical (unpaired) electrons. The molecule has 0 aliphatic heterocycles. The van der Waals surface area contributed by atoms with Crippen molar-refractivity contribution in [1.82, 2.24) is 10.2 Å². The van der Waals surface area contributed by atoms with Crippen molar-refractivity contribution in [1.29, 1.82) is 0 Å². The van der Waals surface area contributed by atoms with Crippen LogP contribution < -0.4 is 5.32 Å². The molecule has 7 heteroatoms. The molecule has 116 valence electrons. The van der Waals surface area contributed by atoms with Gasteiger partial charge in [-0.25, -0.2) is 9.59 Å². The number of carbonyl (C=O) groups excluding carboxylic acids is 1. The summed E-state index contributed by atoms with van der Waals surface area (Å²) in [6.45, 7) is -0.314. The summed E-state index contributed by atoms with van der Waals surface area (Å²) in [5, 5.41) is 29.9. The van der Waals surface area contributed by atoms with Gasteiger partial charge in [0.05, 0.1) is 13.2 Å². The van der Waals surface area contributed by atoms with Crippen molar-refractivity contribution in [3.63, 3.8) is 0 Å². The van der Waals surface area contributed by atoms with E-state index in [4.69, 9.17) is 10.2 Å². The van der Waals surface area contributed by atoms with Gasteiger partial charge in [-0.15, -0.1) is 0 Å². The Morgan fingerprint density at radius 1 is 1.00 bits per heavy atom. The number of hydrogen-bond donors (Lipinski definition) is 4. The molecular formula is C13H24N2O5. The van der Waals surface area contributed by atoms with Gasteiger partial charge in [0.1, 0.15) is 5.54 Å². The first kappa shape index (κ1) is 16.7. The summed E-state index contributed by atoms with van der Waals surface area (Å²) in [6, 6.07) is -0.544. The highest BCUT2D eigenvalue weighted by Gasteiger charge is 2.40. The molecule has 1 rings (SSSR count). The van der Waals surface area contributed by atoms with E-state index in [0.29, 0.717) is 12.8 Å². The van der Waals surface area contributed by atoms with Gasteiger partial charge in [-0.2, -0.15) is 0 Å². The van der Waals surface area contributed by atoms with E-state index in [1.165, 1.54) is 4.90 Å². The quantitative estimate of drug-likeness (QED) is 0.520. The molecule has 0 aromatic rings. The number of urea groups is 1. The molecule has 0 bridgehead atoms. The second kappa shape index (κ2) is 8.06. The zero-order valence-electron chi connectivity index (χ0n) is 11.7. The third-order valence-corrected chi connectivity index (χ3v) is 3.74. The second-order valence-electron chi connectivity index (χ2n) is 5.17. The van der Waals surface area contributed by atoms with Crippen LogP contribution in [-0.4, -0.2) is 64.1 Å². The standard InChI is InChI=1S/C13H24N2O5/c16-9-7-15(8-10-17)12(20)14-13(11(18)19)5-3-1-2-4-6-13/h16-17H,1-10H2,(H,14,20)(H,18,19). The zero-order valence-corrected chi connectivity index (χ0v) is 11.7.